The summed E-state index contributed by atoms with van der Waals surface area (Å²) in [6, 6.07) is 1.06. The first-order chi connectivity index (χ1) is 10.3. The SMILES string of the molecule is OC(CNC1CCCC1C1COCCN1)C1CCCCC1. The highest BCUT2D eigenvalue weighted by Gasteiger charge is 2.35. The second-order valence-corrected chi connectivity index (χ2v) is 7.21. The van der Waals surface area contributed by atoms with Crippen LogP contribution in [0.5, 0.6) is 0 Å². The Labute approximate surface area is 129 Å². The Kier molecular flexibility index (Phi) is 5.92. The van der Waals surface area contributed by atoms with Crippen molar-refractivity contribution in [3.63, 3.8) is 0 Å². The monoisotopic (exact) mass is 296 g/mol. The fraction of sp³-hybridized carbons (Fsp3) is 1.00. The van der Waals surface area contributed by atoms with E-state index >= 15 is 0 Å². The number of aliphatic hydroxyl groups is 1. The topological polar surface area (TPSA) is 53.5 Å². The molecule has 3 aliphatic rings. The third-order valence-electron chi connectivity index (χ3n) is 5.82. The zero-order valence-corrected chi connectivity index (χ0v) is 13.2. The maximum atomic E-state index is 10.4. The standard InChI is InChI=1S/C17H32N2O2/c20-17(13-5-2-1-3-6-13)11-19-15-8-4-7-14(15)16-12-21-10-9-18-16/h13-20H,1-12H2. The molecule has 0 radical (unpaired) electrons. The zero-order valence-electron chi connectivity index (χ0n) is 13.2. The molecule has 3 N–H and O–H groups in total. The van der Waals surface area contributed by atoms with Crippen LogP contribution in [0.2, 0.25) is 0 Å². The maximum absolute atomic E-state index is 10.4. The van der Waals surface area contributed by atoms with Crippen molar-refractivity contribution in [3.8, 4) is 0 Å². The van der Waals surface area contributed by atoms with E-state index in [9.17, 15) is 5.11 Å². The molecule has 0 bridgehead atoms. The quantitative estimate of drug-likeness (QED) is 0.722. The van der Waals surface area contributed by atoms with Crippen molar-refractivity contribution in [1.29, 1.82) is 0 Å². The number of aliphatic hydroxyl groups excluding tert-OH is 1. The van der Waals surface area contributed by atoms with Crippen LogP contribution in [0.3, 0.4) is 0 Å². The van der Waals surface area contributed by atoms with Crippen LogP contribution >= 0.6 is 0 Å². The molecule has 4 atom stereocenters. The largest absolute Gasteiger partial charge is 0.392 e. The third kappa shape index (κ3) is 4.19. The number of nitrogens with one attached hydrogen (secondary N) is 2. The molecule has 0 aromatic rings. The first-order valence-electron chi connectivity index (χ1n) is 9.07. The van der Waals surface area contributed by atoms with Crippen molar-refractivity contribution in [2.24, 2.45) is 11.8 Å². The van der Waals surface area contributed by atoms with Gasteiger partial charge in [0, 0.05) is 25.2 Å². The minimum Gasteiger partial charge on any atom is -0.392 e. The van der Waals surface area contributed by atoms with E-state index in [1.165, 1.54) is 51.4 Å². The van der Waals surface area contributed by atoms with Gasteiger partial charge in [0.15, 0.2) is 0 Å². The van der Waals surface area contributed by atoms with Crippen molar-refractivity contribution in [2.75, 3.05) is 26.3 Å². The maximum Gasteiger partial charge on any atom is 0.0692 e. The van der Waals surface area contributed by atoms with E-state index in [1.807, 2.05) is 0 Å². The molecule has 21 heavy (non-hydrogen) atoms. The van der Waals surface area contributed by atoms with E-state index in [0.717, 1.165) is 26.3 Å². The molecular weight excluding hydrogens is 264 g/mol. The number of ether oxygens (including phenoxy) is 1. The summed E-state index contributed by atoms with van der Waals surface area (Å²) in [4.78, 5) is 0. The summed E-state index contributed by atoms with van der Waals surface area (Å²) >= 11 is 0. The van der Waals surface area contributed by atoms with Crippen molar-refractivity contribution in [1.82, 2.24) is 10.6 Å². The van der Waals surface area contributed by atoms with Gasteiger partial charge in [-0.1, -0.05) is 25.7 Å². The van der Waals surface area contributed by atoms with Crippen LogP contribution in [0.4, 0.5) is 0 Å². The molecule has 3 rings (SSSR count). The van der Waals surface area contributed by atoms with Gasteiger partial charge in [-0.25, -0.2) is 0 Å². The number of rotatable bonds is 5. The van der Waals surface area contributed by atoms with Crippen LogP contribution in [0.1, 0.15) is 51.4 Å². The Bertz CT molecular complexity index is 301. The van der Waals surface area contributed by atoms with Crippen LogP contribution in [-0.4, -0.2) is 49.6 Å². The van der Waals surface area contributed by atoms with Gasteiger partial charge in [0.05, 0.1) is 19.3 Å². The summed E-state index contributed by atoms with van der Waals surface area (Å²) in [5, 5.41) is 17.7. The lowest BCUT2D eigenvalue weighted by molar-refractivity contribution is 0.0479. The van der Waals surface area contributed by atoms with Crippen molar-refractivity contribution in [3.05, 3.63) is 0 Å². The van der Waals surface area contributed by atoms with Crippen molar-refractivity contribution < 1.29 is 9.84 Å². The average molecular weight is 296 g/mol. The van der Waals surface area contributed by atoms with Gasteiger partial charge in [-0.05, 0) is 37.5 Å². The fourth-order valence-corrected chi connectivity index (χ4v) is 4.54. The number of hydrogen-bond donors (Lipinski definition) is 3. The molecule has 1 heterocycles. The normalized spacial score (nSPS) is 36.7. The van der Waals surface area contributed by atoms with Crippen LogP contribution in [0.25, 0.3) is 0 Å². The van der Waals surface area contributed by atoms with E-state index in [1.54, 1.807) is 0 Å². The van der Waals surface area contributed by atoms with Crippen LogP contribution < -0.4 is 10.6 Å². The van der Waals surface area contributed by atoms with Crippen LogP contribution in [-0.2, 0) is 4.74 Å². The Hall–Kier alpha value is -0.160. The summed E-state index contributed by atoms with van der Waals surface area (Å²) in [5.41, 5.74) is 0. The average Bonchev–Trinajstić information content (AvgIpc) is 3.03. The Balaban J connectivity index is 1.44. The molecule has 4 nitrogen and oxygen atoms in total. The molecule has 3 fully saturated rings. The van der Waals surface area contributed by atoms with Gasteiger partial charge in [-0.3, -0.25) is 0 Å². The second-order valence-electron chi connectivity index (χ2n) is 7.21. The van der Waals surface area contributed by atoms with E-state index in [-0.39, 0.29) is 6.10 Å². The molecule has 0 amide bonds. The van der Waals surface area contributed by atoms with Gasteiger partial charge in [0.2, 0.25) is 0 Å². The molecule has 2 saturated carbocycles. The van der Waals surface area contributed by atoms with Gasteiger partial charge in [-0.2, -0.15) is 0 Å². The summed E-state index contributed by atoms with van der Waals surface area (Å²) in [6.07, 6.45) is 10.1. The number of morpholine rings is 1. The molecule has 122 valence electrons. The molecule has 4 unspecified atom stereocenters. The third-order valence-corrected chi connectivity index (χ3v) is 5.82. The van der Waals surface area contributed by atoms with Gasteiger partial charge in [-0.15, -0.1) is 0 Å². The molecule has 4 heteroatoms. The van der Waals surface area contributed by atoms with E-state index in [0.29, 0.717) is 23.9 Å². The van der Waals surface area contributed by atoms with Crippen molar-refractivity contribution >= 4 is 0 Å². The van der Waals surface area contributed by atoms with Crippen LogP contribution in [0.15, 0.2) is 0 Å². The Morgan fingerprint density at radius 2 is 1.95 bits per heavy atom. The summed E-state index contributed by atoms with van der Waals surface area (Å²) in [5.74, 6) is 1.20. The highest BCUT2D eigenvalue weighted by atomic mass is 16.5. The molecule has 0 aromatic carbocycles. The highest BCUT2D eigenvalue weighted by molar-refractivity contribution is 4.92. The fourth-order valence-electron chi connectivity index (χ4n) is 4.54. The molecule has 0 spiro atoms. The predicted molar refractivity (Wildman–Crippen MR) is 84.3 cm³/mol. The molecule has 2 aliphatic carbocycles. The lowest BCUT2D eigenvalue weighted by Crippen LogP contribution is -2.52. The van der Waals surface area contributed by atoms with E-state index in [4.69, 9.17) is 4.74 Å². The molecule has 0 aromatic heterocycles. The minimum atomic E-state index is -0.151. The highest BCUT2D eigenvalue weighted by Crippen LogP contribution is 2.30. The first-order valence-corrected chi connectivity index (χ1v) is 9.07. The predicted octanol–water partition coefficient (Wildman–Crippen LogP) is 1.67. The Morgan fingerprint density at radius 3 is 2.71 bits per heavy atom. The van der Waals surface area contributed by atoms with Crippen LogP contribution in [0, 0.1) is 11.8 Å². The molecule has 1 saturated heterocycles. The van der Waals surface area contributed by atoms with Gasteiger partial charge >= 0.3 is 0 Å². The lowest BCUT2D eigenvalue weighted by atomic mass is 9.85. The van der Waals surface area contributed by atoms with Crippen molar-refractivity contribution in [2.45, 2.75) is 69.6 Å². The van der Waals surface area contributed by atoms with E-state index in [2.05, 4.69) is 10.6 Å². The summed E-state index contributed by atoms with van der Waals surface area (Å²) in [6.45, 7) is 3.47. The summed E-state index contributed by atoms with van der Waals surface area (Å²) < 4.78 is 5.62. The number of hydrogen-bond acceptors (Lipinski definition) is 4. The smallest absolute Gasteiger partial charge is 0.0692 e. The zero-order chi connectivity index (χ0) is 14.5. The van der Waals surface area contributed by atoms with Gasteiger partial charge in [0.25, 0.3) is 0 Å². The second kappa shape index (κ2) is 7.91. The molecule has 1 aliphatic heterocycles. The lowest BCUT2D eigenvalue weighted by Gasteiger charge is -2.34. The minimum absolute atomic E-state index is 0.151. The van der Waals surface area contributed by atoms with Gasteiger partial charge < -0.3 is 20.5 Å². The Morgan fingerprint density at radius 1 is 1.10 bits per heavy atom. The molecular formula is C17H32N2O2. The summed E-state index contributed by atoms with van der Waals surface area (Å²) in [7, 11) is 0. The van der Waals surface area contributed by atoms with Gasteiger partial charge in [0.1, 0.15) is 0 Å². The van der Waals surface area contributed by atoms with E-state index < -0.39 is 0 Å². The first kappa shape index (κ1) is 15.7.